The standard InChI is InChI=1S/C14H19BrFNO/c1-9-5-6-18-14(9)13(17-2)8-10-7-11(15)3-4-12(10)16/h3-4,7,9,13-14,17H,5-6,8H2,1-2H3. The Labute approximate surface area is 116 Å². The van der Waals surface area contributed by atoms with Crippen LogP contribution in [0.25, 0.3) is 0 Å². The van der Waals surface area contributed by atoms with Crippen LogP contribution in [0.4, 0.5) is 4.39 Å². The molecule has 1 fully saturated rings. The molecule has 1 N–H and O–H groups in total. The highest BCUT2D eigenvalue weighted by atomic mass is 79.9. The molecule has 0 amide bonds. The summed E-state index contributed by atoms with van der Waals surface area (Å²) in [5.41, 5.74) is 0.728. The molecule has 1 heterocycles. The van der Waals surface area contributed by atoms with Crippen LogP contribution in [-0.2, 0) is 11.2 Å². The second-order valence-corrected chi connectivity index (χ2v) is 5.85. The van der Waals surface area contributed by atoms with Crippen LogP contribution in [0.2, 0.25) is 0 Å². The highest BCUT2D eigenvalue weighted by Gasteiger charge is 2.31. The molecule has 0 bridgehead atoms. The monoisotopic (exact) mass is 315 g/mol. The Morgan fingerprint density at radius 2 is 2.33 bits per heavy atom. The van der Waals surface area contributed by atoms with Gasteiger partial charge in [-0.1, -0.05) is 22.9 Å². The topological polar surface area (TPSA) is 21.3 Å². The van der Waals surface area contributed by atoms with Crippen molar-refractivity contribution < 1.29 is 9.13 Å². The Morgan fingerprint density at radius 3 is 2.94 bits per heavy atom. The Kier molecular flexibility index (Phi) is 4.76. The first-order valence-electron chi connectivity index (χ1n) is 6.34. The third kappa shape index (κ3) is 3.11. The largest absolute Gasteiger partial charge is 0.376 e. The van der Waals surface area contributed by atoms with Gasteiger partial charge < -0.3 is 10.1 Å². The summed E-state index contributed by atoms with van der Waals surface area (Å²) in [5, 5.41) is 3.26. The van der Waals surface area contributed by atoms with Gasteiger partial charge in [-0.2, -0.15) is 0 Å². The molecule has 1 aliphatic rings. The Hall–Kier alpha value is -0.450. The molecule has 0 radical (unpaired) electrons. The molecule has 0 spiro atoms. The number of nitrogens with one attached hydrogen (secondary N) is 1. The van der Waals surface area contributed by atoms with E-state index in [1.54, 1.807) is 6.07 Å². The van der Waals surface area contributed by atoms with Crippen LogP contribution < -0.4 is 5.32 Å². The zero-order chi connectivity index (χ0) is 13.1. The zero-order valence-corrected chi connectivity index (χ0v) is 12.3. The van der Waals surface area contributed by atoms with Crippen molar-refractivity contribution in [2.24, 2.45) is 5.92 Å². The molecule has 4 heteroatoms. The molecule has 3 atom stereocenters. The summed E-state index contributed by atoms with van der Waals surface area (Å²) in [5.74, 6) is 0.377. The highest BCUT2D eigenvalue weighted by molar-refractivity contribution is 9.10. The van der Waals surface area contributed by atoms with Gasteiger partial charge in [0.25, 0.3) is 0 Å². The summed E-state index contributed by atoms with van der Waals surface area (Å²) in [4.78, 5) is 0. The number of ether oxygens (including phenoxy) is 1. The summed E-state index contributed by atoms with van der Waals surface area (Å²) in [6.45, 7) is 3.00. The lowest BCUT2D eigenvalue weighted by Gasteiger charge is -2.26. The van der Waals surface area contributed by atoms with E-state index in [-0.39, 0.29) is 18.0 Å². The quantitative estimate of drug-likeness (QED) is 0.921. The minimum Gasteiger partial charge on any atom is -0.376 e. The van der Waals surface area contributed by atoms with Crippen molar-refractivity contribution in [1.29, 1.82) is 0 Å². The van der Waals surface area contributed by atoms with Crippen molar-refractivity contribution in [3.05, 3.63) is 34.1 Å². The van der Waals surface area contributed by atoms with Gasteiger partial charge in [0, 0.05) is 17.1 Å². The predicted octanol–water partition coefficient (Wildman–Crippen LogP) is 3.14. The molecule has 1 aromatic rings. The Bertz CT molecular complexity index is 413. The molecule has 0 aliphatic carbocycles. The molecule has 0 saturated carbocycles. The number of benzene rings is 1. The van der Waals surface area contributed by atoms with Crippen molar-refractivity contribution in [1.82, 2.24) is 5.32 Å². The van der Waals surface area contributed by atoms with Crippen LogP contribution >= 0.6 is 15.9 Å². The molecule has 2 rings (SSSR count). The van der Waals surface area contributed by atoms with Gasteiger partial charge in [-0.15, -0.1) is 0 Å². The van der Waals surface area contributed by atoms with Crippen molar-refractivity contribution in [3.63, 3.8) is 0 Å². The first-order chi connectivity index (χ1) is 8.61. The number of rotatable bonds is 4. The average Bonchev–Trinajstić information content (AvgIpc) is 2.77. The maximum atomic E-state index is 13.8. The van der Waals surface area contributed by atoms with E-state index in [9.17, 15) is 4.39 Å². The summed E-state index contributed by atoms with van der Waals surface area (Å²) in [7, 11) is 1.91. The molecule has 18 heavy (non-hydrogen) atoms. The summed E-state index contributed by atoms with van der Waals surface area (Å²) in [6, 6.07) is 5.23. The van der Waals surface area contributed by atoms with Gasteiger partial charge in [-0.3, -0.25) is 0 Å². The van der Waals surface area contributed by atoms with Gasteiger partial charge in [0.1, 0.15) is 5.82 Å². The first kappa shape index (κ1) is 14.0. The van der Waals surface area contributed by atoms with E-state index in [1.165, 1.54) is 6.07 Å². The lowest BCUT2D eigenvalue weighted by Crippen LogP contribution is -2.42. The van der Waals surface area contributed by atoms with Gasteiger partial charge in [0.15, 0.2) is 0 Å². The van der Waals surface area contributed by atoms with Crippen LogP contribution in [0.3, 0.4) is 0 Å². The van der Waals surface area contributed by atoms with Gasteiger partial charge in [-0.25, -0.2) is 4.39 Å². The van der Waals surface area contributed by atoms with E-state index in [4.69, 9.17) is 4.74 Å². The van der Waals surface area contributed by atoms with Crippen molar-refractivity contribution >= 4 is 15.9 Å². The minimum atomic E-state index is -0.149. The smallest absolute Gasteiger partial charge is 0.126 e. The van der Waals surface area contributed by atoms with Gasteiger partial charge in [-0.05, 0) is 49.6 Å². The second-order valence-electron chi connectivity index (χ2n) is 4.94. The second kappa shape index (κ2) is 6.13. The molecule has 1 aliphatic heterocycles. The molecular weight excluding hydrogens is 297 g/mol. The summed E-state index contributed by atoms with van der Waals surface area (Å²) >= 11 is 3.39. The van der Waals surface area contributed by atoms with Crippen LogP contribution in [0.1, 0.15) is 18.9 Å². The van der Waals surface area contributed by atoms with Crippen LogP contribution in [0.5, 0.6) is 0 Å². The van der Waals surface area contributed by atoms with E-state index in [0.29, 0.717) is 12.3 Å². The SMILES string of the molecule is CNC(Cc1cc(Br)ccc1F)C1OCCC1C. The lowest BCUT2D eigenvalue weighted by molar-refractivity contribution is 0.0631. The molecular formula is C14H19BrFNO. The van der Waals surface area contributed by atoms with Crippen molar-refractivity contribution in [3.8, 4) is 0 Å². The third-order valence-electron chi connectivity index (χ3n) is 3.66. The van der Waals surface area contributed by atoms with Gasteiger partial charge in [0.05, 0.1) is 6.10 Å². The molecule has 2 nitrogen and oxygen atoms in total. The maximum absolute atomic E-state index is 13.8. The zero-order valence-electron chi connectivity index (χ0n) is 10.7. The van der Waals surface area contributed by atoms with Gasteiger partial charge in [0.2, 0.25) is 0 Å². The van der Waals surface area contributed by atoms with E-state index in [0.717, 1.165) is 23.1 Å². The fraction of sp³-hybridized carbons (Fsp3) is 0.571. The van der Waals surface area contributed by atoms with Crippen LogP contribution in [0.15, 0.2) is 22.7 Å². The number of likely N-dealkylation sites (N-methyl/N-ethyl adjacent to an activating group) is 1. The minimum absolute atomic E-state index is 0.149. The third-order valence-corrected chi connectivity index (χ3v) is 4.15. The number of hydrogen-bond acceptors (Lipinski definition) is 2. The van der Waals surface area contributed by atoms with E-state index < -0.39 is 0 Å². The Morgan fingerprint density at radius 1 is 1.56 bits per heavy atom. The Balaban J connectivity index is 2.12. The fourth-order valence-corrected chi connectivity index (χ4v) is 2.96. The van der Waals surface area contributed by atoms with E-state index in [1.807, 2.05) is 13.1 Å². The first-order valence-corrected chi connectivity index (χ1v) is 7.14. The maximum Gasteiger partial charge on any atom is 0.126 e. The van der Waals surface area contributed by atoms with Crippen molar-refractivity contribution in [2.45, 2.75) is 31.9 Å². The van der Waals surface area contributed by atoms with E-state index in [2.05, 4.69) is 28.2 Å². The molecule has 3 unspecified atom stereocenters. The van der Waals surface area contributed by atoms with E-state index >= 15 is 0 Å². The van der Waals surface area contributed by atoms with Crippen LogP contribution in [0, 0.1) is 11.7 Å². The predicted molar refractivity (Wildman–Crippen MR) is 74.2 cm³/mol. The highest BCUT2D eigenvalue weighted by Crippen LogP contribution is 2.26. The average molecular weight is 316 g/mol. The molecule has 1 saturated heterocycles. The van der Waals surface area contributed by atoms with Crippen LogP contribution in [-0.4, -0.2) is 25.8 Å². The molecule has 0 aromatic heterocycles. The summed E-state index contributed by atoms with van der Waals surface area (Å²) in [6.07, 6.45) is 1.91. The van der Waals surface area contributed by atoms with Gasteiger partial charge >= 0.3 is 0 Å². The molecule has 100 valence electrons. The fourth-order valence-electron chi connectivity index (χ4n) is 2.55. The number of hydrogen-bond donors (Lipinski definition) is 1. The lowest BCUT2D eigenvalue weighted by atomic mass is 9.93. The van der Waals surface area contributed by atoms with Crippen molar-refractivity contribution in [2.75, 3.05) is 13.7 Å². The normalized spacial score (nSPS) is 25.3. The number of halogens is 2. The molecule has 1 aromatic carbocycles. The summed E-state index contributed by atoms with van der Waals surface area (Å²) < 4.78 is 20.4.